The number of halogens is 1. The van der Waals surface area contributed by atoms with E-state index in [1.165, 1.54) is 6.07 Å². The zero-order chi connectivity index (χ0) is 20.8. The SMILES string of the molecule is CCc1ccc(C2=NN3[C@H](C2)c2cc(Br)ccc2O[C@@H]3c2cccc([N+](=O)[O-])c2)o1. The fraction of sp³-hybridized carbons (Fsp3) is 0.227. The monoisotopic (exact) mass is 467 g/mol. The van der Waals surface area contributed by atoms with Crippen molar-refractivity contribution < 1.29 is 14.1 Å². The molecule has 3 aromatic rings. The number of hydrazone groups is 1. The number of hydrogen-bond acceptors (Lipinski definition) is 6. The molecule has 0 saturated heterocycles. The first kappa shape index (κ1) is 18.9. The van der Waals surface area contributed by atoms with Gasteiger partial charge in [-0.25, -0.2) is 5.01 Å². The van der Waals surface area contributed by atoms with Gasteiger partial charge in [0.2, 0.25) is 6.23 Å². The summed E-state index contributed by atoms with van der Waals surface area (Å²) in [5, 5.41) is 18.0. The average molecular weight is 468 g/mol. The third-order valence-electron chi connectivity index (χ3n) is 5.41. The lowest BCUT2D eigenvalue weighted by Crippen LogP contribution is -2.33. The predicted octanol–water partition coefficient (Wildman–Crippen LogP) is 5.76. The maximum absolute atomic E-state index is 11.3. The molecule has 2 aliphatic rings. The molecular weight excluding hydrogens is 450 g/mol. The van der Waals surface area contributed by atoms with Crippen molar-refractivity contribution in [3.63, 3.8) is 0 Å². The van der Waals surface area contributed by atoms with Crippen LogP contribution in [0.5, 0.6) is 5.75 Å². The molecule has 0 saturated carbocycles. The van der Waals surface area contributed by atoms with Gasteiger partial charge in [-0.3, -0.25) is 10.1 Å². The van der Waals surface area contributed by atoms with Crippen molar-refractivity contribution in [3.8, 4) is 5.75 Å². The number of ether oxygens (including phenoxy) is 1. The minimum absolute atomic E-state index is 0.0243. The lowest BCUT2D eigenvalue weighted by atomic mass is 9.97. The molecule has 2 aliphatic heterocycles. The van der Waals surface area contributed by atoms with Crippen molar-refractivity contribution in [1.29, 1.82) is 0 Å². The molecule has 0 bridgehead atoms. The van der Waals surface area contributed by atoms with Crippen LogP contribution in [-0.4, -0.2) is 15.6 Å². The van der Waals surface area contributed by atoms with E-state index >= 15 is 0 Å². The number of nitrogens with zero attached hydrogens (tertiary/aromatic N) is 3. The highest BCUT2D eigenvalue weighted by Crippen LogP contribution is 2.48. The van der Waals surface area contributed by atoms with Gasteiger partial charge in [-0.1, -0.05) is 35.0 Å². The van der Waals surface area contributed by atoms with E-state index in [1.807, 2.05) is 48.3 Å². The number of rotatable bonds is 4. The van der Waals surface area contributed by atoms with Crippen molar-refractivity contribution in [3.05, 3.63) is 91.8 Å². The summed E-state index contributed by atoms with van der Waals surface area (Å²) < 4.78 is 13.2. The molecule has 152 valence electrons. The van der Waals surface area contributed by atoms with E-state index in [0.29, 0.717) is 12.0 Å². The van der Waals surface area contributed by atoms with Crippen LogP contribution in [-0.2, 0) is 6.42 Å². The van der Waals surface area contributed by atoms with Gasteiger partial charge in [0, 0.05) is 40.6 Å². The number of nitro groups is 1. The zero-order valence-corrected chi connectivity index (χ0v) is 17.7. The lowest BCUT2D eigenvalue weighted by Gasteiger charge is -2.38. The molecule has 2 aromatic carbocycles. The molecule has 8 heteroatoms. The number of fused-ring (bicyclic) bond motifs is 3. The van der Waals surface area contributed by atoms with Crippen molar-refractivity contribution in [2.75, 3.05) is 0 Å². The number of hydrogen-bond donors (Lipinski definition) is 0. The van der Waals surface area contributed by atoms with Crippen LogP contribution in [0.25, 0.3) is 0 Å². The Morgan fingerprint density at radius 2 is 2.10 bits per heavy atom. The molecular formula is C22H18BrN3O4. The van der Waals surface area contributed by atoms with Gasteiger partial charge in [-0.05, 0) is 30.3 Å². The Morgan fingerprint density at radius 3 is 2.87 bits per heavy atom. The first-order valence-corrected chi connectivity index (χ1v) is 10.5. The van der Waals surface area contributed by atoms with Crippen molar-refractivity contribution >= 4 is 27.3 Å². The van der Waals surface area contributed by atoms with Crippen molar-refractivity contribution in [2.45, 2.75) is 32.0 Å². The van der Waals surface area contributed by atoms with E-state index in [0.717, 1.165) is 39.4 Å². The van der Waals surface area contributed by atoms with Gasteiger partial charge in [0.25, 0.3) is 5.69 Å². The van der Waals surface area contributed by atoms with Gasteiger partial charge in [0.05, 0.1) is 11.0 Å². The van der Waals surface area contributed by atoms with E-state index in [4.69, 9.17) is 14.3 Å². The summed E-state index contributed by atoms with van der Waals surface area (Å²) in [6, 6.07) is 16.3. The average Bonchev–Trinajstić information content (AvgIpc) is 3.40. The largest absolute Gasteiger partial charge is 0.464 e. The van der Waals surface area contributed by atoms with Crippen molar-refractivity contribution in [1.82, 2.24) is 5.01 Å². The molecule has 3 heterocycles. The Hall–Kier alpha value is -3.13. The van der Waals surface area contributed by atoms with E-state index in [1.54, 1.807) is 12.1 Å². The topological polar surface area (TPSA) is 81.1 Å². The Balaban J connectivity index is 1.59. The lowest BCUT2D eigenvalue weighted by molar-refractivity contribution is -0.385. The third kappa shape index (κ3) is 3.17. The zero-order valence-electron chi connectivity index (χ0n) is 16.1. The number of furan rings is 1. The second-order valence-corrected chi connectivity index (χ2v) is 8.19. The predicted molar refractivity (Wildman–Crippen MR) is 114 cm³/mol. The minimum atomic E-state index is -0.568. The van der Waals surface area contributed by atoms with E-state index in [9.17, 15) is 10.1 Å². The van der Waals surface area contributed by atoms with Crippen LogP contribution in [0.3, 0.4) is 0 Å². The number of benzene rings is 2. The fourth-order valence-electron chi connectivity index (χ4n) is 3.94. The van der Waals surface area contributed by atoms with Crippen LogP contribution in [0.15, 0.2) is 68.6 Å². The molecule has 0 N–H and O–H groups in total. The summed E-state index contributed by atoms with van der Waals surface area (Å²) in [6.45, 7) is 2.04. The Labute approximate surface area is 181 Å². The standard InChI is InChI=1S/C22H18BrN3O4/c1-2-16-7-9-21(29-16)18-12-19-17-11-14(23)6-8-20(17)30-22(25(19)24-18)13-4-3-5-15(10-13)26(27)28/h3-11,19,22H,2,12H2,1H3/t19-,22-/m1/s1. The number of aryl methyl sites for hydroxylation is 1. The highest BCUT2D eigenvalue weighted by Gasteiger charge is 2.42. The van der Waals surface area contributed by atoms with Gasteiger partial charge < -0.3 is 9.15 Å². The summed E-state index contributed by atoms with van der Waals surface area (Å²) in [5.74, 6) is 2.41. The van der Waals surface area contributed by atoms with Gasteiger partial charge >= 0.3 is 0 Å². The molecule has 5 rings (SSSR count). The molecule has 1 aromatic heterocycles. The van der Waals surface area contributed by atoms with Crippen LogP contribution >= 0.6 is 15.9 Å². The van der Waals surface area contributed by atoms with Crippen LogP contribution < -0.4 is 4.74 Å². The molecule has 0 amide bonds. The maximum atomic E-state index is 11.3. The molecule has 7 nitrogen and oxygen atoms in total. The van der Waals surface area contributed by atoms with Gasteiger partial charge in [-0.15, -0.1) is 0 Å². The van der Waals surface area contributed by atoms with E-state index in [-0.39, 0.29) is 11.7 Å². The maximum Gasteiger partial charge on any atom is 0.269 e. The normalized spacial score (nSPS) is 19.7. The highest BCUT2D eigenvalue weighted by atomic mass is 79.9. The molecule has 0 unspecified atom stereocenters. The summed E-state index contributed by atoms with van der Waals surface area (Å²) >= 11 is 3.54. The van der Waals surface area contributed by atoms with Crippen LogP contribution in [0, 0.1) is 10.1 Å². The second kappa shape index (κ2) is 7.28. The van der Waals surface area contributed by atoms with Gasteiger partial charge in [-0.2, -0.15) is 5.10 Å². The molecule has 0 radical (unpaired) electrons. The fourth-order valence-corrected chi connectivity index (χ4v) is 4.32. The molecule has 0 aliphatic carbocycles. The van der Waals surface area contributed by atoms with E-state index in [2.05, 4.69) is 15.9 Å². The van der Waals surface area contributed by atoms with Gasteiger partial charge in [0.15, 0.2) is 0 Å². The summed E-state index contributed by atoms with van der Waals surface area (Å²) in [4.78, 5) is 10.9. The molecule has 2 atom stereocenters. The first-order valence-electron chi connectivity index (χ1n) is 9.69. The van der Waals surface area contributed by atoms with Crippen LogP contribution in [0.4, 0.5) is 5.69 Å². The second-order valence-electron chi connectivity index (χ2n) is 7.27. The van der Waals surface area contributed by atoms with Crippen molar-refractivity contribution in [2.24, 2.45) is 5.10 Å². The summed E-state index contributed by atoms with van der Waals surface area (Å²) in [6.07, 6.45) is 0.909. The summed E-state index contributed by atoms with van der Waals surface area (Å²) in [7, 11) is 0. The van der Waals surface area contributed by atoms with Crippen LogP contribution in [0.2, 0.25) is 0 Å². The Bertz CT molecular complexity index is 1170. The molecule has 0 spiro atoms. The quantitative estimate of drug-likeness (QED) is 0.360. The number of nitro benzene ring substituents is 1. The van der Waals surface area contributed by atoms with Gasteiger partial charge in [0.1, 0.15) is 23.0 Å². The minimum Gasteiger partial charge on any atom is -0.464 e. The smallest absolute Gasteiger partial charge is 0.269 e. The summed E-state index contributed by atoms with van der Waals surface area (Å²) in [5.41, 5.74) is 2.57. The first-order chi connectivity index (χ1) is 14.5. The molecule has 0 fully saturated rings. The highest BCUT2D eigenvalue weighted by molar-refractivity contribution is 9.10. The molecule has 30 heavy (non-hydrogen) atoms. The van der Waals surface area contributed by atoms with E-state index < -0.39 is 11.2 Å². The number of non-ortho nitro benzene ring substituents is 1. The Kier molecular flexibility index (Phi) is 4.58. The third-order valence-corrected chi connectivity index (χ3v) is 5.91. The Morgan fingerprint density at radius 1 is 1.23 bits per heavy atom. The van der Waals surface area contributed by atoms with Crippen LogP contribution in [0.1, 0.15) is 48.3 Å².